The lowest BCUT2D eigenvalue weighted by Gasteiger charge is -2.26. The second kappa shape index (κ2) is 6.87. The first kappa shape index (κ1) is 18.1. The third-order valence-electron chi connectivity index (χ3n) is 3.03. The molecular weight excluding hydrogens is 362 g/mol. The van der Waals surface area contributed by atoms with E-state index < -0.39 is 16.0 Å². The summed E-state index contributed by atoms with van der Waals surface area (Å²) in [6, 6.07) is 2.15. The summed E-state index contributed by atoms with van der Waals surface area (Å²) in [5.74, 6) is -1.20. The van der Waals surface area contributed by atoms with E-state index in [2.05, 4.69) is 15.9 Å². The van der Waals surface area contributed by atoms with Crippen LogP contribution in [0.2, 0.25) is 0 Å². The fourth-order valence-electron chi connectivity index (χ4n) is 1.93. The van der Waals surface area contributed by atoms with Crippen LogP contribution >= 0.6 is 15.9 Å². The molecule has 0 radical (unpaired) electrons. The number of benzene rings is 1. The Labute approximate surface area is 132 Å². The molecule has 0 aliphatic heterocycles. The fourth-order valence-corrected chi connectivity index (χ4v) is 4.42. The van der Waals surface area contributed by atoms with Crippen LogP contribution in [0, 0.1) is 6.92 Å². The van der Waals surface area contributed by atoms with Gasteiger partial charge in [-0.1, -0.05) is 15.9 Å². The number of rotatable bonds is 6. The molecule has 0 fully saturated rings. The lowest BCUT2D eigenvalue weighted by molar-refractivity contribution is 0.0696. The van der Waals surface area contributed by atoms with E-state index in [9.17, 15) is 13.2 Å². The van der Waals surface area contributed by atoms with Gasteiger partial charge in [0.1, 0.15) is 0 Å². The molecule has 0 saturated heterocycles. The summed E-state index contributed by atoms with van der Waals surface area (Å²) in [6.07, 6.45) is 0. The molecule has 1 aromatic carbocycles. The summed E-state index contributed by atoms with van der Waals surface area (Å²) in [6.45, 7) is 4.63. The number of carbonyl (C=O) groups is 1. The second-order valence-electron chi connectivity index (χ2n) is 4.82. The molecule has 0 bridgehead atoms. The molecule has 0 amide bonds. The van der Waals surface area contributed by atoms with Crippen molar-refractivity contribution < 1.29 is 23.4 Å². The normalized spacial score (nSPS) is 12.1. The predicted molar refractivity (Wildman–Crippen MR) is 82.0 cm³/mol. The van der Waals surface area contributed by atoms with Gasteiger partial charge in [-0.2, -0.15) is 4.31 Å². The van der Waals surface area contributed by atoms with Gasteiger partial charge >= 0.3 is 5.97 Å². The Balaban J connectivity index is 3.53. The molecule has 21 heavy (non-hydrogen) atoms. The van der Waals surface area contributed by atoms with Crippen molar-refractivity contribution >= 4 is 31.9 Å². The van der Waals surface area contributed by atoms with Gasteiger partial charge in [-0.05, 0) is 38.5 Å². The molecule has 0 aromatic heterocycles. The number of aliphatic hydroxyl groups excluding tert-OH is 1. The minimum Gasteiger partial charge on any atom is -0.478 e. The Kier molecular flexibility index (Phi) is 5.92. The number of aliphatic hydroxyl groups is 1. The number of nitrogens with zero attached hydrogens (tertiary/aromatic N) is 1. The number of hydrogen-bond donors (Lipinski definition) is 2. The highest BCUT2D eigenvalue weighted by Crippen LogP contribution is 2.29. The minimum atomic E-state index is -3.89. The SMILES string of the molecule is Cc1c(Br)cc(C(=O)O)cc1S(=O)(=O)N(CCO)C(C)C. The number of carboxylic acids is 1. The highest BCUT2D eigenvalue weighted by molar-refractivity contribution is 9.10. The monoisotopic (exact) mass is 379 g/mol. The summed E-state index contributed by atoms with van der Waals surface area (Å²) in [5.41, 5.74) is 0.322. The maximum absolute atomic E-state index is 12.7. The van der Waals surface area contributed by atoms with Crippen molar-refractivity contribution in [1.29, 1.82) is 0 Å². The lowest BCUT2D eigenvalue weighted by Crippen LogP contribution is -2.39. The zero-order valence-electron chi connectivity index (χ0n) is 12.0. The topological polar surface area (TPSA) is 94.9 Å². The van der Waals surface area contributed by atoms with Crippen molar-refractivity contribution in [2.75, 3.05) is 13.2 Å². The Bertz CT molecular complexity index is 642. The van der Waals surface area contributed by atoms with Crippen molar-refractivity contribution in [2.24, 2.45) is 0 Å². The van der Waals surface area contributed by atoms with Crippen molar-refractivity contribution in [2.45, 2.75) is 31.7 Å². The highest BCUT2D eigenvalue weighted by atomic mass is 79.9. The van der Waals surface area contributed by atoms with E-state index in [0.717, 1.165) is 10.4 Å². The first-order valence-electron chi connectivity index (χ1n) is 6.29. The zero-order valence-corrected chi connectivity index (χ0v) is 14.4. The number of carboxylic acid groups (broad SMARTS) is 1. The number of halogens is 1. The van der Waals surface area contributed by atoms with Gasteiger partial charge < -0.3 is 10.2 Å². The molecule has 0 atom stereocenters. The van der Waals surface area contributed by atoms with Crippen molar-refractivity contribution in [1.82, 2.24) is 4.31 Å². The Morgan fingerprint density at radius 2 is 1.95 bits per heavy atom. The molecule has 118 valence electrons. The molecule has 0 aliphatic rings. The van der Waals surface area contributed by atoms with E-state index in [1.54, 1.807) is 20.8 Å². The van der Waals surface area contributed by atoms with E-state index in [1.807, 2.05) is 0 Å². The van der Waals surface area contributed by atoms with E-state index in [-0.39, 0.29) is 29.7 Å². The van der Waals surface area contributed by atoms with Crippen LogP contribution in [0.25, 0.3) is 0 Å². The Morgan fingerprint density at radius 3 is 2.38 bits per heavy atom. The van der Waals surface area contributed by atoms with E-state index in [1.165, 1.54) is 6.07 Å². The number of hydrogen-bond acceptors (Lipinski definition) is 4. The molecule has 6 nitrogen and oxygen atoms in total. The van der Waals surface area contributed by atoms with E-state index in [0.29, 0.717) is 10.0 Å². The van der Waals surface area contributed by atoms with Crippen LogP contribution in [0.3, 0.4) is 0 Å². The van der Waals surface area contributed by atoms with Crippen LogP contribution in [0.15, 0.2) is 21.5 Å². The largest absolute Gasteiger partial charge is 0.478 e. The minimum absolute atomic E-state index is 0.0473. The summed E-state index contributed by atoms with van der Waals surface area (Å²) >= 11 is 3.19. The van der Waals surface area contributed by atoms with Crippen LogP contribution in [-0.4, -0.2) is 48.1 Å². The zero-order chi connectivity index (χ0) is 16.4. The van der Waals surface area contributed by atoms with Crippen LogP contribution in [0.4, 0.5) is 0 Å². The van der Waals surface area contributed by atoms with E-state index in [4.69, 9.17) is 10.2 Å². The van der Waals surface area contributed by atoms with Crippen LogP contribution in [0.1, 0.15) is 29.8 Å². The Hall–Kier alpha value is -0.960. The van der Waals surface area contributed by atoms with Crippen LogP contribution in [-0.2, 0) is 10.0 Å². The lowest BCUT2D eigenvalue weighted by atomic mass is 10.1. The molecule has 0 spiro atoms. The van der Waals surface area contributed by atoms with E-state index >= 15 is 0 Å². The maximum Gasteiger partial charge on any atom is 0.335 e. The maximum atomic E-state index is 12.7. The molecule has 2 N–H and O–H groups in total. The number of sulfonamides is 1. The van der Waals surface area contributed by atoms with Gasteiger partial charge in [0.2, 0.25) is 10.0 Å². The van der Waals surface area contributed by atoms with Gasteiger partial charge in [0.25, 0.3) is 0 Å². The van der Waals surface area contributed by atoms with Crippen LogP contribution in [0.5, 0.6) is 0 Å². The van der Waals surface area contributed by atoms with Crippen molar-refractivity contribution in [3.63, 3.8) is 0 Å². The molecule has 0 saturated carbocycles. The first-order chi connectivity index (χ1) is 9.62. The van der Waals surface area contributed by atoms with Gasteiger partial charge in [0.05, 0.1) is 17.1 Å². The smallest absolute Gasteiger partial charge is 0.335 e. The second-order valence-corrected chi connectivity index (χ2v) is 7.53. The van der Waals surface area contributed by atoms with Gasteiger partial charge in [0, 0.05) is 17.1 Å². The van der Waals surface area contributed by atoms with Gasteiger partial charge in [-0.15, -0.1) is 0 Å². The average molecular weight is 380 g/mol. The summed E-state index contributed by atoms with van der Waals surface area (Å²) in [4.78, 5) is 11.0. The van der Waals surface area contributed by atoms with Gasteiger partial charge in [0.15, 0.2) is 0 Å². The standard InChI is InChI=1S/C13H18BrNO5S/c1-8(2)15(4-5-16)21(19,20)12-7-10(13(17)18)6-11(14)9(12)3/h6-8,16H,4-5H2,1-3H3,(H,17,18). The molecule has 1 rings (SSSR count). The van der Waals surface area contributed by atoms with Crippen molar-refractivity contribution in [3.05, 3.63) is 27.7 Å². The molecule has 0 unspecified atom stereocenters. The average Bonchev–Trinajstić information content (AvgIpc) is 2.37. The third kappa shape index (κ3) is 3.82. The van der Waals surface area contributed by atoms with Gasteiger partial charge in [-0.3, -0.25) is 0 Å². The summed E-state index contributed by atoms with van der Waals surface area (Å²) in [5, 5.41) is 18.1. The van der Waals surface area contributed by atoms with Crippen LogP contribution < -0.4 is 0 Å². The predicted octanol–water partition coefficient (Wildman–Crippen LogP) is 1.85. The fraction of sp³-hybridized carbons (Fsp3) is 0.462. The third-order valence-corrected chi connectivity index (χ3v) is 6.05. The molecular formula is C13H18BrNO5S. The Morgan fingerprint density at radius 1 is 1.38 bits per heavy atom. The number of aromatic carboxylic acids is 1. The molecule has 1 aromatic rings. The molecule has 0 heterocycles. The highest BCUT2D eigenvalue weighted by Gasteiger charge is 2.29. The van der Waals surface area contributed by atoms with Crippen molar-refractivity contribution in [3.8, 4) is 0 Å². The quantitative estimate of drug-likeness (QED) is 0.786. The summed E-state index contributed by atoms with van der Waals surface area (Å²) < 4.78 is 27.0. The van der Waals surface area contributed by atoms with Gasteiger partial charge in [-0.25, -0.2) is 13.2 Å². The summed E-state index contributed by atoms with van der Waals surface area (Å²) in [7, 11) is -3.89. The first-order valence-corrected chi connectivity index (χ1v) is 8.52. The molecule has 0 aliphatic carbocycles. The molecule has 8 heteroatoms.